The number of aromatic nitrogens is 2. The van der Waals surface area contributed by atoms with Crippen molar-refractivity contribution in [3.63, 3.8) is 0 Å². The minimum absolute atomic E-state index is 0.0520. The van der Waals surface area contributed by atoms with Crippen LogP contribution in [0.25, 0.3) is 11.0 Å². The van der Waals surface area contributed by atoms with Gasteiger partial charge in [0.25, 0.3) is 0 Å². The number of benzene rings is 3. The number of carbonyl (C=O) groups is 2. The van der Waals surface area contributed by atoms with Crippen LogP contribution >= 0.6 is 11.6 Å². The minimum Gasteiger partial charge on any atom is -0.346 e. The van der Waals surface area contributed by atoms with Crippen molar-refractivity contribution in [2.45, 2.75) is 25.9 Å². The van der Waals surface area contributed by atoms with Gasteiger partial charge in [0.2, 0.25) is 5.91 Å². The Labute approximate surface area is 185 Å². The van der Waals surface area contributed by atoms with Crippen LogP contribution in [0.5, 0.6) is 0 Å². The largest absolute Gasteiger partial charge is 0.346 e. The van der Waals surface area contributed by atoms with Crippen LogP contribution in [0.3, 0.4) is 0 Å². The molecule has 0 aliphatic carbocycles. The lowest BCUT2D eigenvalue weighted by Crippen LogP contribution is -2.30. The van der Waals surface area contributed by atoms with Crippen molar-refractivity contribution >= 4 is 34.3 Å². The van der Waals surface area contributed by atoms with Crippen LogP contribution in [0.15, 0.2) is 78.9 Å². The molecule has 0 saturated carbocycles. The van der Waals surface area contributed by atoms with Gasteiger partial charge in [-0.05, 0) is 48.9 Å². The van der Waals surface area contributed by atoms with Crippen molar-refractivity contribution in [1.82, 2.24) is 14.9 Å². The van der Waals surface area contributed by atoms with Crippen LogP contribution in [0.1, 0.15) is 34.7 Å². The van der Waals surface area contributed by atoms with Gasteiger partial charge in [-0.3, -0.25) is 9.59 Å². The summed E-state index contributed by atoms with van der Waals surface area (Å²) in [6, 6.07) is 23.7. The van der Waals surface area contributed by atoms with E-state index in [-0.39, 0.29) is 30.7 Å². The maximum atomic E-state index is 12.9. The number of hydrogen-bond donors (Lipinski definition) is 1. The Morgan fingerprint density at radius 2 is 1.65 bits per heavy atom. The second kappa shape index (κ2) is 9.14. The highest BCUT2D eigenvalue weighted by molar-refractivity contribution is 6.30. The number of amides is 1. The molecular weight excluding hydrogens is 410 g/mol. The summed E-state index contributed by atoms with van der Waals surface area (Å²) in [7, 11) is 0. The Kier molecular flexibility index (Phi) is 6.14. The van der Waals surface area contributed by atoms with Gasteiger partial charge < -0.3 is 9.88 Å². The Hall–Kier alpha value is -3.44. The highest BCUT2D eigenvalue weighted by Crippen LogP contribution is 2.22. The number of halogens is 1. The molecule has 0 radical (unpaired) electrons. The van der Waals surface area contributed by atoms with E-state index in [0.29, 0.717) is 16.4 Å². The molecule has 6 heteroatoms. The van der Waals surface area contributed by atoms with Crippen LogP contribution in [0.2, 0.25) is 5.02 Å². The Morgan fingerprint density at radius 3 is 2.39 bits per heavy atom. The summed E-state index contributed by atoms with van der Waals surface area (Å²) >= 11 is 5.94. The number of Topliss-reactive ketones (excluding diaryl/α,β-unsaturated/α-hetero) is 1. The zero-order valence-corrected chi connectivity index (χ0v) is 17.8. The Bertz CT molecular complexity index is 1220. The lowest BCUT2D eigenvalue weighted by Gasteiger charge is -2.16. The summed E-state index contributed by atoms with van der Waals surface area (Å²) in [6.45, 7) is 2.00. The second-order valence-electron chi connectivity index (χ2n) is 7.43. The van der Waals surface area contributed by atoms with Crippen molar-refractivity contribution in [1.29, 1.82) is 0 Å². The summed E-state index contributed by atoms with van der Waals surface area (Å²) in [5.41, 5.74) is 3.15. The topological polar surface area (TPSA) is 64.0 Å². The number of para-hydroxylation sites is 2. The van der Waals surface area contributed by atoms with E-state index in [1.807, 2.05) is 66.1 Å². The van der Waals surface area contributed by atoms with E-state index in [0.717, 1.165) is 16.6 Å². The first-order chi connectivity index (χ1) is 15.0. The molecule has 4 aromatic rings. The number of fused-ring (bicyclic) bond motifs is 1. The molecule has 1 aromatic heterocycles. The van der Waals surface area contributed by atoms with E-state index in [9.17, 15) is 9.59 Å². The summed E-state index contributed by atoms with van der Waals surface area (Å²) < 4.78 is 1.87. The lowest BCUT2D eigenvalue weighted by molar-refractivity contribution is -0.121. The first-order valence-corrected chi connectivity index (χ1v) is 10.5. The fourth-order valence-electron chi connectivity index (χ4n) is 3.60. The fraction of sp³-hybridized carbons (Fsp3) is 0.160. The number of imidazole rings is 1. The predicted molar refractivity (Wildman–Crippen MR) is 122 cm³/mol. The van der Waals surface area contributed by atoms with E-state index in [1.54, 1.807) is 24.3 Å². The van der Waals surface area contributed by atoms with E-state index < -0.39 is 0 Å². The molecule has 1 atom stereocenters. The van der Waals surface area contributed by atoms with Crippen LogP contribution in [-0.4, -0.2) is 21.2 Å². The smallest absolute Gasteiger partial charge is 0.224 e. The van der Waals surface area contributed by atoms with Crippen LogP contribution < -0.4 is 5.32 Å². The number of carbonyl (C=O) groups excluding carboxylic acids is 2. The molecule has 0 bridgehead atoms. The van der Waals surface area contributed by atoms with Crippen molar-refractivity contribution in [2.75, 3.05) is 0 Å². The molecule has 31 heavy (non-hydrogen) atoms. The van der Waals surface area contributed by atoms with Crippen molar-refractivity contribution in [3.05, 3.63) is 101 Å². The third kappa shape index (κ3) is 4.84. The number of nitrogens with one attached hydrogen (secondary N) is 1. The van der Waals surface area contributed by atoms with E-state index in [2.05, 4.69) is 5.32 Å². The number of rotatable bonds is 7. The van der Waals surface area contributed by atoms with Crippen LogP contribution in [0.4, 0.5) is 0 Å². The molecular formula is C25H22ClN3O2. The van der Waals surface area contributed by atoms with Gasteiger partial charge in [0.1, 0.15) is 5.82 Å². The summed E-state index contributed by atoms with van der Waals surface area (Å²) in [4.78, 5) is 30.2. The van der Waals surface area contributed by atoms with Gasteiger partial charge in [-0.15, -0.1) is 0 Å². The van der Waals surface area contributed by atoms with Crippen LogP contribution in [-0.2, 0) is 17.8 Å². The van der Waals surface area contributed by atoms with Crippen LogP contribution in [0, 0.1) is 0 Å². The Morgan fingerprint density at radius 1 is 0.968 bits per heavy atom. The Balaban J connectivity index is 1.59. The average molecular weight is 432 g/mol. The first-order valence-electron chi connectivity index (χ1n) is 10.1. The third-order valence-electron chi connectivity index (χ3n) is 5.12. The summed E-state index contributed by atoms with van der Waals surface area (Å²) in [5, 5.41) is 3.60. The van der Waals surface area contributed by atoms with E-state index >= 15 is 0 Å². The van der Waals surface area contributed by atoms with Gasteiger partial charge in [0.15, 0.2) is 5.78 Å². The number of nitrogens with zero attached hydrogens (tertiary/aromatic N) is 2. The molecule has 4 rings (SSSR count). The fourth-order valence-corrected chi connectivity index (χ4v) is 3.73. The van der Waals surface area contributed by atoms with Gasteiger partial charge in [-0.1, -0.05) is 54.1 Å². The SMILES string of the molecule is CC(NC(=O)Cc1ccccc1)c1nc2ccccc2n1CC(=O)c1ccc(Cl)cc1. The van der Waals surface area contributed by atoms with Crippen molar-refractivity contribution in [2.24, 2.45) is 0 Å². The average Bonchev–Trinajstić information content (AvgIpc) is 3.13. The normalized spacial score (nSPS) is 11.9. The second-order valence-corrected chi connectivity index (χ2v) is 7.86. The lowest BCUT2D eigenvalue weighted by atomic mass is 10.1. The predicted octanol–water partition coefficient (Wildman–Crippen LogP) is 4.99. The maximum absolute atomic E-state index is 12.9. The zero-order chi connectivity index (χ0) is 21.8. The van der Waals surface area contributed by atoms with Gasteiger partial charge in [0, 0.05) is 10.6 Å². The minimum atomic E-state index is -0.360. The highest BCUT2D eigenvalue weighted by atomic mass is 35.5. The maximum Gasteiger partial charge on any atom is 0.224 e. The zero-order valence-electron chi connectivity index (χ0n) is 17.1. The van der Waals surface area contributed by atoms with Gasteiger partial charge in [-0.25, -0.2) is 4.98 Å². The molecule has 3 aromatic carbocycles. The molecule has 0 fully saturated rings. The highest BCUT2D eigenvalue weighted by Gasteiger charge is 2.20. The standard InChI is InChI=1S/C25H22ClN3O2/c1-17(27-24(31)15-18-7-3-2-4-8-18)25-28-21-9-5-6-10-22(21)29(25)16-23(30)19-11-13-20(26)14-12-19/h2-14,17H,15-16H2,1H3,(H,27,31). The number of hydrogen-bond acceptors (Lipinski definition) is 3. The van der Waals surface area contributed by atoms with Gasteiger partial charge in [-0.2, -0.15) is 0 Å². The van der Waals surface area contributed by atoms with Crippen molar-refractivity contribution < 1.29 is 9.59 Å². The summed E-state index contributed by atoms with van der Waals surface area (Å²) in [6.07, 6.45) is 0.287. The molecule has 0 aliphatic heterocycles. The number of ketones is 1. The van der Waals surface area contributed by atoms with Gasteiger partial charge in [0.05, 0.1) is 30.0 Å². The molecule has 1 amide bonds. The van der Waals surface area contributed by atoms with E-state index in [1.165, 1.54) is 0 Å². The molecule has 0 spiro atoms. The van der Waals surface area contributed by atoms with E-state index in [4.69, 9.17) is 16.6 Å². The van der Waals surface area contributed by atoms with Gasteiger partial charge >= 0.3 is 0 Å². The molecule has 0 aliphatic rings. The van der Waals surface area contributed by atoms with Crippen molar-refractivity contribution in [3.8, 4) is 0 Å². The molecule has 5 nitrogen and oxygen atoms in total. The molecule has 156 valence electrons. The monoisotopic (exact) mass is 431 g/mol. The molecule has 0 saturated heterocycles. The molecule has 1 heterocycles. The first kappa shape index (κ1) is 20.8. The quantitative estimate of drug-likeness (QED) is 0.419. The molecule has 1 unspecified atom stereocenters. The third-order valence-corrected chi connectivity index (χ3v) is 5.38. The summed E-state index contributed by atoms with van der Waals surface area (Å²) in [5.74, 6) is 0.496. The molecule has 1 N–H and O–H groups in total.